The van der Waals surface area contributed by atoms with E-state index in [0.717, 1.165) is 10.2 Å². The molecule has 3 aromatic rings. The summed E-state index contributed by atoms with van der Waals surface area (Å²) in [5.41, 5.74) is 1.05. The van der Waals surface area contributed by atoms with E-state index >= 15 is 0 Å². The molecule has 0 radical (unpaired) electrons. The van der Waals surface area contributed by atoms with E-state index in [0.29, 0.717) is 9.82 Å². The lowest BCUT2D eigenvalue weighted by molar-refractivity contribution is 0.0997. The predicted octanol–water partition coefficient (Wildman–Crippen LogP) is 3.77. The summed E-state index contributed by atoms with van der Waals surface area (Å²) in [7, 11) is 1.79. The van der Waals surface area contributed by atoms with Gasteiger partial charge in [-0.15, -0.1) is 0 Å². The molecule has 1 aromatic heterocycles. The summed E-state index contributed by atoms with van der Waals surface area (Å²) in [5, 5.41) is 0.603. The van der Waals surface area contributed by atoms with Gasteiger partial charge in [0.2, 0.25) is 0 Å². The zero-order valence-corrected chi connectivity index (χ0v) is 12.6. The predicted molar refractivity (Wildman–Crippen MR) is 82.1 cm³/mol. The highest BCUT2D eigenvalue weighted by Gasteiger charge is 2.09. The van der Waals surface area contributed by atoms with Crippen LogP contribution in [0, 0.1) is 5.82 Å². The van der Waals surface area contributed by atoms with Crippen molar-refractivity contribution in [3.63, 3.8) is 0 Å². The summed E-state index contributed by atoms with van der Waals surface area (Å²) < 4.78 is 15.9. The van der Waals surface area contributed by atoms with E-state index < -0.39 is 11.7 Å². The average molecular weight is 321 g/mol. The number of thiazole rings is 1. The van der Waals surface area contributed by atoms with E-state index in [4.69, 9.17) is 11.6 Å². The van der Waals surface area contributed by atoms with Crippen molar-refractivity contribution in [3.05, 3.63) is 63.7 Å². The second kappa shape index (κ2) is 5.42. The van der Waals surface area contributed by atoms with E-state index in [1.807, 2.05) is 12.1 Å². The third kappa shape index (κ3) is 2.62. The van der Waals surface area contributed by atoms with Crippen LogP contribution in [0.1, 0.15) is 10.4 Å². The van der Waals surface area contributed by atoms with Crippen LogP contribution >= 0.6 is 22.9 Å². The number of fused-ring (bicyclic) bond motifs is 1. The number of aryl methyl sites for hydroxylation is 1. The number of carbonyl (C=O) groups is 1. The maximum Gasteiger partial charge on any atom is 0.279 e. The molecule has 3 rings (SSSR count). The molecule has 0 bridgehead atoms. The first-order valence-electron chi connectivity index (χ1n) is 6.15. The van der Waals surface area contributed by atoms with Gasteiger partial charge in [0.25, 0.3) is 5.91 Å². The number of aromatic nitrogens is 1. The van der Waals surface area contributed by atoms with Gasteiger partial charge < -0.3 is 4.57 Å². The van der Waals surface area contributed by atoms with Gasteiger partial charge in [-0.3, -0.25) is 4.79 Å². The molecule has 1 heterocycles. The zero-order chi connectivity index (χ0) is 15.0. The third-order valence-corrected chi connectivity index (χ3v) is 4.44. The fourth-order valence-corrected chi connectivity index (χ4v) is 3.44. The minimum absolute atomic E-state index is 0.221. The summed E-state index contributed by atoms with van der Waals surface area (Å²) >= 11 is 7.52. The topological polar surface area (TPSA) is 34.4 Å². The molecule has 3 nitrogen and oxygen atoms in total. The van der Waals surface area contributed by atoms with Crippen molar-refractivity contribution in [2.45, 2.75) is 0 Å². The molecule has 0 saturated heterocycles. The van der Waals surface area contributed by atoms with Crippen molar-refractivity contribution in [2.75, 3.05) is 0 Å². The van der Waals surface area contributed by atoms with Crippen LogP contribution in [0.2, 0.25) is 5.02 Å². The molecular formula is C15H10ClFN2OS. The Kier molecular flexibility index (Phi) is 3.61. The number of carbonyl (C=O) groups excluding carboxylic acids is 1. The fourth-order valence-electron chi connectivity index (χ4n) is 2.04. The Balaban J connectivity index is 2.14. The van der Waals surface area contributed by atoms with Crippen molar-refractivity contribution in [1.29, 1.82) is 0 Å². The van der Waals surface area contributed by atoms with Crippen molar-refractivity contribution in [2.24, 2.45) is 12.0 Å². The molecule has 0 saturated carbocycles. The molecule has 21 heavy (non-hydrogen) atoms. The second-order valence-electron chi connectivity index (χ2n) is 4.46. The summed E-state index contributed by atoms with van der Waals surface area (Å²) in [6.07, 6.45) is 0. The maximum absolute atomic E-state index is 13.2. The van der Waals surface area contributed by atoms with Crippen LogP contribution in [0.3, 0.4) is 0 Å². The van der Waals surface area contributed by atoms with E-state index in [1.165, 1.54) is 35.6 Å². The Bertz CT molecular complexity index is 913. The van der Waals surface area contributed by atoms with Gasteiger partial charge in [-0.1, -0.05) is 35.1 Å². The quantitative estimate of drug-likeness (QED) is 0.672. The molecule has 0 fully saturated rings. The standard InChI is InChI=1S/C15H10ClFN2OS/c1-19-13-11(16)6-3-7-12(13)21-15(19)18-14(20)9-4-2-5-10(17)8-9/h2-8H,1H3. The van der Waals surface area contributed by atoms with Gasteiger partial charge in [0, 0.05) is 12.6 Å². The van der Waals surface area contributed by atoms with Crippen LogP contribution in [0.25, 0.3) is 10.2 Å². The molecule has 0 N–H and O–H groups in total. The van der Waals surface area contributed by atoms with Crippen LogP contribution in [0.5, 0.6) is 0 Å². The largest absolute Gasteiger partial charge is 0.318 e. The summed E-state index contributed by atoms with van der Waals surface area (Å²) in [5.74, 6) is -0.937. The van der Waals surface area contributed by atoms with Gasteiger partial charge >= 0.3 is 0 Å². The molecule has 0 spiro atoms. The molecule has 0 aliphatic heterocycles. The minimum atomic E-state index is -0.479. The van der Waals surface area contributed by atoms with Gasteiger partial charge in [-0.2, -0.15) is 4.99 Å². The lowest BCUT2D eigenvalue weighted by atomic mass is 10.2. The van der Waals surface area contributed by atoms with Gasteiger partial charge in [-0.05, 0) is 30.3 Å². The number of para-hydroxylation sites is 1. The van der Waals surface area contributed by atoms with Gasteiger partial charge in [0.05, 0.1) is 15.2 Å². The van der Waals surface area contributed by atoms with Crippen LogP contribution < -0.4 is 4.80 Å². The van der Waals surface area contributed by atoms with Crippen molar-refractivity contribution >= 4 is 39.1 Å². The first-order chi connectivity index (χ1) is 10.1. The monoisotopic (exact) mass is 320 g/mol. The number of amides is 1. The van der Waals surface area contributed by atoms with E-state index in [2.05, 4.69) is 4.99 Å². The zero-order valence-electron chi connectivity index (χ0n) is 11.0. The first-order valence-corrected chi connectivity index (χ1v) is 7.34. The average Bonchev–Trinajstić information content (AvgIpc) is 2.77. The summed E-state index contributed by atoms with van der Waals surface area (Å²) in [6.45, 7) is 0. The smallest absolute Gasteiger partial charge is 0.279 e. The number of hydrogen-bond donors (Lipinski definition) is 0. The molecule has 0 aliphatic rings. The Morgan fingerprint density at radius 3 is 2.76 bits per heavy atom. The van der Waals surface area contributed by atoms with E-state index in [9.17, 15) is 9.18 Å². The molecule has 106 valence electrons. The number of halogens is 2. The Morgan fingerprint density at radius 1 is 1.29 bits per heavy atom. The Labute approximate surface area is 128 Å². The normalized spacial score (nSPS) is 12.0. The van der Waals surface area contributed by atoms with Crippen molar-refractivity contribution in [1.82, 2.24) is 4.57 Å². The highest BCUT2D eigenvalue weighted by molar-refractivity contribution is 7.16. The maximum atomic E-state index is 13.2. The number of nitrogens with zero attached hydrogens (tertiary/aromatic N) is 2. The molecule has 0 atom stereocenters. The third-order valence-electron chi connectivity index (χ3n) is 3.04. The second-order valence-corrected chi connectivity index (χ2v) is 5.87. The lowest BCUT2D eigenvalue weighted by Crippen LogP contribution is -2.13. The molecule has 6 heteroatoms. The lowest BCUT2D eigenvalue weighted by Gasteiger charge is -1.98. The molecular weight excluding hydrogens is 311 g/mol. The SMILES string of the molecule is Cn1c(=NC(=O)c2cccc(F)c2)sc2cccc(Cl)c21. The Morgan fingerprint density at radius 2 is 2.05 bits per heavy atom. The molecule has 1 amide bonds. The number of hydrogen-bond acceptors (Lipinski definition) is 2. The molecule has 2 aromatic carbocycles. The van der Waals surface area contributed by atoms with Crippen LogP contribution in [-0.2, 0) is 7.05 Å². The molecule has 0 unspecified atom stereocenters. The number of benzene rings is 2. The van der Waals surface area contributed by atoms with Gasteiger partial charge in [0.15, 0.2) is 4.80 Å². The van der Waals surface area contributed by atoms with Crippen molar-refractivity contribution in [3.8, 4) is 0 Å². The van der Waals surface area contributed by atoms with Crippen LogP contribution in [0.15, 0.2) is 47.5 Å². The highest BCUT2D eigenvalue weighted by atomic mass is 35.5. The van der Waals surface area contributed by atoms with Crippen molar-refractivity contribution < 1.29 is 9.18 Å². The Hall–Kier alpha value is -1.98. The van der Waals surface area contributed by atoms with Crippen LogP contribution in [0.4, 0.5) is 4.39 Å². The first kappa shape index (κ1) is 14.0. The van der Waals surface area contributed by atoms with Gasteiger partial charge in [-0.25, -0.2) is 4.39 Å². The molecule has 0 aliphatic carbocycles. The number of rotatable bonds is 1. The van der Waals surface area contributed by atoms with E-state index in [1.54, 1.807) is 17.7 Å². The summed E-state index contributed by atoms with van der Waals surface area (Å²) in [4.78, 5) is 16.7. The fraction of sp³-hybridized carbons (Fsp3) is 0.0667. The van der Waals surface area contributed by atoms with Crippen LogP contribution in [-0.4, -0.2) is 10.5 Å². The highest BCUT2D eigenvalue weighted by Crippen LogP contribution is 2.24. The van der Waals surface area contributed by atoms with Gasteiger partial charge in [0.1, 0.15) is 5.82 Å². The summed E-state index contributed by atoms with van der Waals surface area (Å²) in [6, 6.07) is 11.0. The van der Waals surface area contributed by atoms with E-state index in [-0.39, 0.29) is 5.56 Å². The minimum Gasteiger partial charge on any atom is -0.318 e.